The molecule has 0 bridgehead atoms. The molecule has 0 amide bonds. The van der Waals surface area contributed by atoms with Crippen LogP contribution in [0.1, 0.15) is 18.5 Å². The van der Waals surface area contributed by atoms with Crippen LogP contribution in [0.3, 0.4) is 0 Å². The van der Waals surface area contributed by atoms with Crippen LogP contribution in [0.5, 0.6) is 5.75 Å². The van der Waals surface area contributed by atoms with Gasteiger partial charge in [0.2, 0.25) is 0 Å². The number of carbonyl (C=O) groups excluding carboxylic acids is 1. The van der Waals surface area contributed by atoms with Crippen molar-refractivity contribution in [1.29, 1.82) is 0 Å². The van der Waals surface area contributed by atoms with Gasteiger partial charge in [0, 0.05) is 5.56 Å². The Balaban J connectivity index is 0.00000169. The summed E-state index contributed by atoms with van der Waals surface area (Å²) in [5.74, 6) is 0.592. The fourth-order valence-electron chi connectivity index (χ4n) is 1.14. The van der Waals surface area contributed by atoms with Gasteiger partial charge in [0.1, 0.15) is 5.75 Å². The molecule has 0 saturated carbocycles. The summed E-state index contributed by atoms with van der Waals surface area (Å²) in [6.45, 7) is 1.47. The van der Waals surface area contributed by atoms with Crippen molar-refractivity contribution in [2.45, 2.75) is 13.0 Å². The first-order valence-electron chi connectivity index (χ1n) is 4.05. The molecule has 1 aromatic rings. The first-order valence-corrected chi connectivity index (χ1v) is 4.05. The van der Waals surface area contributed by atoms with Gasteiger partial charge in [-0.15, -0.1) is 12.4 Å². The van der Waals surface area contributed by atoms with Crippen LogP contribution >= 0.6 is 12.4 Å². The Bertz CT molecular complexity index is 315. The predicted octanol–water partition coefficient (Wildman–Crippen LogP) is 1.71. The van der Waals surface area contributed by atoms with Gasteiger partial charge in [-0.25, -0.2) is 0 Å². The fourth-order valence-corrected chi connectivity index (χ4v) is 1.14. The van der Waals surface area contributed by atoms with Crippen LogP contribution in [0.4, 0.5) is 0 Å². The van der Waals surface area contributed by atoms with Crippen molar-refractivity contribution in [1.82, 2.24) is 0 Å². The van der Waals surface area contributed by atoms with Crippen molar-refractivity contribution in [2.75, 3.05) is 7.11 Å². The highest BCUT2D eigenvalue weighted by Gasteiger charge is 2.14. The van der Waals surface area contributed by atoms with Crippen LogP contribution in [0.15, 0.2) is 24.3 Å². The molecule has 0 fully saturated rings. The van der Waals surface area contributed by atoms with Gasteiger partial charge in [0.15, 0.2) is 5.78 Å². The number of rotatable bonds is 3. The third kappa shape index (κ3) is 2.72. The average Bonchev–Trinajstić information content (AvgIpc) is 2.16. The number of ether oxygens (including phenoxy) is 1. The molecule has 0 aliphatic rings. The Morgan fingerprint density at radius 2 is 2.00 bits per heavy atom. The van der Waals surface area contributed by atoms with E-state index in [2.05, 4.69) is 0 Å². The Labute approximate surface area is 89.7 Å². The van der Waals surface area contributed by atoms with Crippen LogP contribution in [-0.4, -0.2) is 12.9 Å². The highest BCUT2D eigenvalue weighted by Crippen LogP contribution is 2.23. The van der Waals surface area contributed by atoms with Crippen molar-refractivity contribution in [3.63, 3.8) is 0 Å². The van der Waals surface area contributed by atoms with E-state index in [0.29, 0.717) is 5.75 Å². The fraction of sp³-hybridized carbons (Fsp3) is 0.300. The minimum absolute atomic E-state index is 0. The zero-order valence-electron chi connectivity index (χ0n) is 8.19. The quantitative estimate of drug-likeness (QED) is 0.835. The van der Waals surface area contributed by atoms with Gasteiger partial charge in [-0.1, -0.05) is 18.2 Å². The molecule has 14 heavy (non-hydrogen) atoms. The van der Waals surface area contributed by atoms with Gasteiger partial charge in [0.05, 0.1) is 13.2 Å². The number of hydrogen-bond donors (Lipinski definition) is 1. The molecule has 3 nitrogen and oxygen atoms in total. The molecule has 0 aliphatic carbocycles. The summed E-state index contributed by atoms with van der Waals surface area (Å²) < 4.78 is 5.08. The van der Waals surface area contributed by atoms with Crippen molar-refractivity contribution in [3.8, 4) is 5.75 Å². The second-order valence-electron chi connectivity index (χ2n) is 2.83. The molecule has 1 atom stereocenters. The molecule has 4 heteroatoms. The lowest BCUT2D eigenvalue weighted by atomic mass is 10.0. The van der Waals surface area contributed by atoms with Crippen molar-refractivity contribution < 1.29 is 9.53 Å². The monoisotopic (exact) mass is 215 g/mol. The minimum Gasteiger partial charge on any atom is -0.496 e. The molecule has 1 rings (SSSR count). The van der Waals surface area contributed by atoms with E-state index in [9.17, 15) is 4.79 Å². The normalized spacial score (nSPS) is 11.4. The lowest BCUT2D eigenvalue weighted by molar-refractivity contribution is -0.118. The second-order valence-corrected chi connectivity index (χ2v) is 2.83. The molecule has 0 heterocycles. The third-order valence-corrected chi connectivity index (χ3v) is 1.91. The zero-order valence-corrected chi connectivity index (χ0v) is 9.01. The molecule has 1 aromatic carbocycles. The number of benzene rings is 1. The Morgan fingerprint density at radius 3 is 2.50 bits per heavy atom. The van der Waals surface area contributed by atoms with Crippen molar-refractivity contribution in [3.05, 3.63) is 29.8 Å². The Hall–Kier alpha value is -1.06. The number of halogens is 1. The number of Topliss-reactive ketones (excluding diaryl/α,β-unsaturated/α-hetero) is 1. The average molecular weight is 216 g/mol. The Morgan fingerprint density at radius 1 is 1.43 bits per heavy atom. The molecule has 78 valence electrons. The first-order chi connectivity index (χ1) is 6.16. The number of ketones is 1. The third-order valence-electron chi connectivity index (χ3n) is 1.91. The van der Waals surface area contributed by atoms with E-state index in [1.165, 1.54) is 6.92 Å². The smallest absolute Gasteiger partial charge is 0.151 e. The maximum atomic E-state index is 11.0. The van der Waals surface area contributed by atoms with Crippen molar-refractivity contribution >= 4 is 18.2 Å². The number of para-hydroxylation sites is 1. The highest BCUT2D eigenvalue weighted by molar-refractivity contribution is 5.85. The second kappa shape index (κ2) is 5.62. The number of hydrogen-bond acceptors (Lipinski definition) is 3. The number of methoxy groups -OCH3 is 1. The summed E-state index contributed by atoms with van der Waals surface area (Å²) in [6.07, 6.45) is 0. The largest absolute Gasteiger partial charge is 0.496 e. The molecule has 0 radical (unpaired) electrons. The minimum atomic E-state index is -0.587. The van der Waals surface area contributed by atoms with E-state index >= 15 is 0 Å². The van der Waals surface area contributed by atoms with Gasteiger partial charge in [0.25, 0.3) is 0 Å². The summed E-state index contributed by atoms with van der Waals surface area (Å²) in [6, 6.07) is 6.68. The number of carbonyl (C=O) groups is 1. The van der Waals surface area contributed by atoms with Gasteiger partial charge in [-0.3, -0.25) is 4.79 Å². The van der Waals surface area contributed by atoms with Crippen molar-refractivity contribution in [2.24, 2.45) is 5.73 Å². The van der Waals surface area contributed by atoms with E-state index in [-0.39, 0.29) is 18.2 Å². The molecule has 0 saturated heterocycles. The lowest BCUT2D eigenvalue weighted by Crippen LogP contribution is -2.19. The van der Waals surface area contributed by atoms with E-state index in [1.807, 2.05) is 12.1 Å². The van der Waals surface area contributed by atoms with Crippen LogP contribution in [0.25, 0.3) is 0 Å². The molecule has 0 spiro atoms. The van der Waals surface area contributed by atoms with Crippen LogP contribution in [0.2, 0.25) is 0 Å². The standard InChI is InChI=1S/C10H13NO2.ClH/c1-7(12)10(11)8-5-3-4-6-9(8)13-2;/h3-6,10H,11H2,1-2H3;1H. The summed E-state index contributed by atoms with van der Waals surface area (Å²) in [4.78, 5) is 11.0. The van der Waals surface area contributed by atoms with Gasteiger partial charge >= 0.3 is 0 Å². The highest BCUT2D eigenvalue weighted by atomic mass is 35.5. The topological polar surface area (TPSA) is 52.3 Å². The summed E-state index contributed by atoms with van der Waals surface area (Å²) in [7, 11) is 1.56. The van der Waals surface area contributed by atoms with E-state index in [1.54, 1.807) is 19.2 Å². The van der Waals surface area contributed by atoms with E-state index in [0.717, 1.165) is 5.56 Å². The maximum absolute atomic E-state index is 11.0. The van der Waals surface area contributed by atoms with Crippen LogP contribution < -0.4 is 10.5 Å². The summed E-state index contributed by atoms with van der Waals surface area (Å²) in [5.41, 5.74) is 6.42. The van der Waals surface area contributed by atoms with Gasteiger partial charge in [-0.2, -0.15) is 0 Å². The molecule has 0 aliphatic heterocycles. The lowest BCUT2D eigenvalue weighted by Gasteiger charge is -2.12. The Kier molecular flexibility index (Phi) is 5.20. The first kappa shape index (κ1) is 12.9. The SMILES string of the molecule is COc1ccccc1C(N)C(C)=O.Cl. The van der Waals surface area contributed by atoms with Crippen LogP contribution in [0, 0.1) is 0 Å². The van der Waals surface area contributed by atoms with Gasteiger partial charge < -0.3 is 10.5 Å². The molecular formula is C10H14ClNO2. The molecular weight excluding hydrogens is 202 g/mol. The summed E-state index contributed by atoms with van der Waals surface area (Å²) >= 11 is 0. The predicted molar refractivity (Wildman–Crippen MR) is 57.9 cm³/mol. The van der Waals surface area contributed by atoms with Crippen LogP contribution in [-0.2, 0) is 4.79 Å². The molecule has 1 unspecified atom stereocenters. The summed E-state index contributed by atoms with van der Waals surface area (Å²) in [5, 5.41) is 0. The number of nitrogens with two attached hydrogens (primary N) is 1. The van der Waals surface area contributed by atoms with E-state index in [4.69, 9.17) is 10.5 Å². The van der Waals surface area contributed by atoms with E-state index < -0.39 is 6.04 Å². The molecule has 2 N–H and O–H groups in total. The zero-order chi connectivity index (χ0) is 9.84. The molecule has 0 aromatic heterocycles. The maximum Gasteiger partial charge on any atom is 0.151 e. The van der Waals surface area contributed by atoms with Gasteiger partial charge in [-0.05, 0) is 13.0 Å².